The molecule has 0 radical (unpaired) electrons. The zero-order valence-electron chi connectivity index (χ0n) is 11.3. The lowest BCUT2D eigenvalue weighted by molar-refractivity contribution is 0.415. The van der Waals surface area contributed by atoms with Crippen LogP contribution in [0.5, 0.6) is 5.75 Å². The first-order chi connectivity index (χ1) is 10.2. The third kappa shape index (κ3) is 4.54. The van der Waals surface area contributed by atoms with Gasteiger partial charge >= 0.3 is 0 Å². The Bertz CT molecular complexity index is 661. The van der Waals surface area contributed by atoms with Gasteiger partial charge in [0, 0.05) is 0 Å². The molecule has 0 aromatic heterocycles. The number of anilines is 1. The molecule has 0 bridgehead atoms. The van der Waals surface area contributed by atoms with Gasteiger partial charge in [-0.3, -0.25) is 5.43 Å². The lowest BCUT2D eigenvalue weighted by Crippen LogP contribution is -2.24. The molecule has 0 atom stereocenters. The van der Waals surface area contributed by atoms with Crippen molar-refractivity contribution in [1.29, 1.82) is 0 Å². The molecule has 2 N–H and O–H groups in total. The highest BCUT2D eigenvalue weighted by atomic mass is 32.1. The quantitative estimate of drug-likeness (QED) is 0.517. The Balaban J connectivity index is 1.91. The first-order valence-electron chi connectivity index (χ1n) is 6.17. The maximum atomic E-state index is 13.4. The van der Waals surface area contributed by atoms with Gasteiger partial charge in [-0.1, -0.05) is 24.3 Å². The average Bonchev–Trinajstić information content (AvgIpc) is 2.50. The zero-order valence-corrected chi connectivity index (χ0v) is 12.2. The topological polar surface area (TPSA) is 45.6 Å². The number of para-hydroxylation sites is 1. The minimum absolute atomic E-state index is 0.208. The molecular weight excluding hydrogens is 289 g/mol. The van der Waals surface area contributed by atoms with Crippen LogP contribution in [0.3, 0.4) is 0 Å². The molecule has 0 saturated carbocycles. The highest BCUT2D eigenvalue weighted by Crippen LogP contribution is 2.12. The van der Waals surface area contributed by atoms with Crippen LogP contribution in [-0.2, 0) is 0 Å². The molecule has 2 aromatic carbocycles. The Morgan fingerprint density at radius 1 is 1.24 bits per heavy atom. The van der Waals surface area contributed by atoms with Crippen molar-refractivity contribution < 1.29 is 9.13 Å². The Hall–Kier alpha value is -2.47. The molecule has 6 heteroatoms. The molecular formula is C15H14FN3OS. The predicted octanol–water partition coefficient (Wildman–Crippen LogP) is 3.15. The Labute approximate surface area is 127 Å². The van der Waals surface area contributed by atoms with E-state index < -0.39 is 0 Å². The van der Waals surface area contributed by atoms with E-state index in [1.165, 1.54) is 6.07 Å². The number of hydrazone groups is 1. The number of rotatable bonds is 4. The number of halogens is 1. The standard InChI is InChI=1S/C15H14FN3OS/c1-20-12-6-4-5-11(9-12)10-17-19-15(21)18-14-8-3-2-7-13(14)16/h2-10H,1H3,(H2,18,19,21)/b17-10-. The number of benzene rings is 2. The summed E-state index contributed by atoms with van der Waals surface area (Å²) in [5, 5.41) is 6.92. The molecule has 0 aliphatic carbocycles. The highest BCUT2D eigenvalue weighted by molar-refractivity contribution is 7.80. The third-order valence-corrected chi connectivity index (χ3v) is 2.79. The normalized spacial score (nSPS) is 10.4. The summed E-state index contributed by atoms with van der Waals surface area (Å²) >= 11 is 5.03. The van der Waals surface area contributed by atoms with Gasteiger partial charge in [-0.25, -0.2) is 4.39 Å². The first-order valence-corrected chi connectivity index (χ1v) is 6.58. The summed E-state index contributed by atoms with van der Waals surface area (Å²) in [7, 11) is 1.60. The van der Waals surface area contributed by atoms with Crippen LogP contribution in [0.15, 0.2) is 53.6 Å². The summed E-state index contributed by atoms with van der Waals surface area (Å²) < 4.78 is 18.5. The molecule has 0 aliphatic rings. The van der Waals surface area contributed by atoms with Crippen LogP contribution in [0.4, 0.5) is 10.1 Å². The van der Waals surface area contributed by atoms with Crippen LogP contribution in [0.25, 0.3) is 0 Å². The highest BCUT2D eigenvalue weighted by Gasteiger charge is 2.01. The summed E-state index contributed by atoms with van der Waals surface area (Å²) in [6.07, 6.45) is 1.60. The van der Waals surface area contributed by atoms with E-state index in [2.05, 4.69) is 15.8 Å². The molecule has 0 saturated heterocycles. The second-order valence-corrected chi connectivity index (χ2v) is 4.49. The van der Waals surface area contributed by atoms with Crippen molar-refractivity contribution >= 4 is 29.2 Å². The van der Waals surface area contributed by atoms with E-state index in [-0.39, 0.29) is 10.9 Å². The number of nitrogens with one attached hydrogen (secondary N) is 2. The monoisotopic (exact) mass is 303 g/mol. The Morgan fingerprint density at radius 2 is 2.05 bits per heavy atom. The van der Waals surface area contributed by atoms with Crippen molar-refractivity contribution in [2.24, 2.45) is 5.10 Å². The summed E-state index contributed by atoms with van der Waals surface area (Å²) in [5.74, 6) is 0.365. The van der Waals surface area contributed by atoms with E-state index in [1.54, 1.807) is 31.5 Å². The summed E-state index contributed by atoms with van der Waals surface area (Å²) in [6, 6.07) is 13.7. The van der Waals surface area contributed by atoms with Crippen LogP contribution >= 0.6 is 12.2 Å². The maximum Gasteiger partial charge on any atom is 0.191 e. The molecule has 0 unspecified atom stereocenters. The van der Waals surface area contributed by atoms with Gasteiger partial charge in [0.1, 0.15) is 11.6 Å². The number of ether oxygens (including phenoxy) is 1. The van der Waals surface area contributed by atoms with Gasteiger partial charge in [0.15, 0.2) is 5.11 Å². The van der Waals surface area contributed by atoms with Crippen LogP contribution in [0.2, 0.25) is 0 Å². The molecule has 0 fully saturated rings. The fourth-order valence-electron chi connectivity index (χ4n) is 1.60. The molecule has 2 aromatic rings. The molecule has 0 amide bonds. The third-order valence-electron chi connectivity index (χ3n) is 2.60. The Morgan fingerprint density at radius 3 is 2.81 bits per heavy atom. The summed E-state index contributed by atoms with van der Waals surface area (Å²) in [4.78, 5) is 0. The lowest BCUT2D eigenvalue weighted by atomic mass is 10.2. The van der Waals surface area contributed by atoms with Gasteiger partial charge in [0.05, 0.1) is 19.0 Å². The van der Waals surface area contributed by atoms with Gasteiger partial charge in [0.25, 0.3) is 0 Å². The fourth-order valence-corrected chi connectivity index (χ4v) is 1.76. The smallest absolute Gasteiger partial charge is 0.191 e. The minimum atomic E-state index is -0.376. The van der Waals surface area contributed by atoms with Gasteiger partial charge in [-0.15, -0.1) is 0 Å². The van der Waals surface area contributed by atoms with Crippen molar-refractivity contribution in [1.82, 2.24) is 5.43 Å². The number of thiocarbonyl (C=S) groups is 1. The van der Waals surface area contributed by atoms with Crippen molar-refractivity contribution in [2.45, 2.75) is 0 Å². The number of hydrogen-bond acceptors (Lipinski definition) is 3. The fraction of sp³-hybridized carbons (Fsp3) is 0.0667. The van der Waals surface area contributed by atoms with E-state index in [0.29, 0.717) is 5.69 Å². The Kier molecular flexibility index (Phi) is 5.22. The largest absolute Gasteiger partial charge is 0.497 e. The first kappa shape index (κ1) is 14.9. The van der Waals surface area contributed by atoms with Crippen molar-refractivity contribution in [3.8, 4) is 5.75 Å². The SMILES string of the molecule is COc1cccc(/C=N\NC(=S)Nc2ccccc2F)c1. The summed E-state index contributed by atoms with van der Waals surface area (Å²) in [6.45, 7) is 0. The van der Waals surface area contributed by atoms with Crippen molar-refractivity contribution in [3.05, 3.63) is 59.9 Å². The molecule has 4 nitrogen and oxygen atoms in total. The predicted molar refractivity (Wildman–Crippen MR) is 86.3 cm³/mol. The average molecular weight is 303 g/mol. The van der Waals surface area contributed by atoms with Crippen LogP contribution < -0.4 is 15.5 Å². The van der Waals surface area contributed by atoms with Crippen LogP contribution in [-0.4, -0.2) is 18.4 Å². The second kappa shape index (κ2) is 7.35. The maximum absolute atomic E-state index is 13.4. The molecule has 0 heterocycles. The van der Waals surface area contributed by atoms with Crippen molar-refractivity contribution in [2.75, 3.05) is 12.4 Å². The van der Waals surface area contributed by atoms with Gasteiger partial charge < -0.3 is 10.1 Å². The summed E-state index contributed by atoms with van der Waals surface area (Å²) in [5.41, 5.74) is 3.78. The lowest BCUT2D eigenvalue weighted by Gasteiger charge is -2.07. The van der Waals surface area contributed by atoms with Gasteiger partial charge in [0.2, 0.25) is 0 Å². The molecule has 0 spiro atoms. The van der Waals surface area contributed by atoms with Gasteiger partial charge in [-0.05, 0) is 42.0 Å². The van der Waals surface area contributed by atoms with Crippen molar-refractivity contribution in [3.63, 3.8) is 0 Å². The van der Waals surface area contributed by atoms with Crippen LogP contribution in [0, 0.1) is 5.82 Å². The van der Waals surface area contributed by atoms with E-state index in [4.69, 9.17) is 17.0 Å². The minimum Gasteiger partial charge on any atom is -0.497 e. The number of methoxy groups -OCH3 is 1. The van der Waals surface area contributed by atoms with Crippen LogP contribution in [0.1, 0.15) is 5.56 Å². The number of nitrogens with zero attached hydrogens (tertiary/aromatic N) is 1. The number of hydrogen-bond donors (Lipinski definition) is 2. The molecule has 108 valence electrons. The molecule has 2 rings (SSSR count). The van der Waals surface area contributed by atoms with E-state index in [9.17, 15) is 4.39 Å². The second-order valence-electron chi connectivity index (χ2n) is 4.08. The van der Waals surface area contributed by atoms with Gasteiger partial charge in [-0.2, -0.15) is 5.10 Å². The van der Waals surface area contributed by atoms with E-state index in [0.717, 1.165) is 11.3 Å². The van der Waals surface area contributed by atoms with E-state index in [1.807, 2.05) is 24.3 Å². The van der Waals surface area contributed by atoms with E-state index >= 15 is 0 Å². The zero-order chi connectivity index (χ0) is 15.1. The molecule has 21 heavy (non-hydrogen) atoms. The molecule has 0 aliphatic heterocycles.